The van der Waals surface area contributed by atoms with Gasteiger partial charge in [-0.15, -0.1) is 5.10 Å². The molecule has 0 amide bonds. The van der Waals surface area contributed by atoms with E-state index in [1.165, 1.54) is 7.11 Å². The molecule has 0 saturated carbocycles. The molecule has 0 spiro atoms. The van der Waals surface area contributed by atoms with E-state index in [0.717, 1.165) is 30.9 Å². The van der Waals surface area contributed by atoms with E-state index in [2.05, 4.69) is 20.4 Å². The van der Waals surface area contributed by atoms with Gasteiger partial charge in [-0.05, 0) is 0 Å². The van der Waals surface area contributed by atoms with E-state index >= 15 is 0 Å². The van der Waals surface area contributed by atoms with Gasteiger partial charge in [0.1, 0.15) is 0 Å². The van der Waals surface area contributed by atoms with Gasteiger partial charge in [0.15, 0.2) is 0 Å². The number of carbonyl (C=O) groups is 1. The maximum absolute atomic E-state index is 11.0. The topological polar surface area (TPSA) is 69.0 Å². The molecule has 1 aliphatic rings. The Morgan fingerprint density at radius 1 is 1.67 bits per heavy atom. The predicted molar refractivity (Wildman–Crippen MR) is 52.1 cm³/mol. The number of hydrogen-bond donors (Lipinski definition) is 1. The quantitative estimate of drug-likeness (QED) is 0.680. The van der Waals surface area contributed by atoms with Crippen molar-refractivity contribution in [2.24, 2.45) is 0 Å². The molecular formula is C9H14N4O2. The molecule has 82 valence electrons. The van der Waals surface area contributed by atoms with Crippen molar-refractivity contribution in [2.75, 3.05) is 13.7 Å². The Balaban J connectivity index is 2.02. The van der Waals surface area contributed by atoms with Gasteiger partial charge < -0.3 is 10.1 Å². The molecule has 0 atom stereocenters. The number of aryl methyl sites for hydroxylation is 1. The Bertz CT molecular complexity index is 361. The summed E-state index contributed by atoms with van der Waals surface area (Å²) in [4.78, 5) is 11.0. The van der Waals surface area contributed by atoms with Gasteiger partial charge in [-0.1, -0.05) is 5.21 Å². The summed E-state index contributed by atoms with van der Waals surface area (Å²) in [5.41, 5.74) is 2.13. The SMILES string of the molecule is COC(=O)CCn1nnc2c1CCNC2. The second-order valence-electron chi connectivity index (χ2n) is 3.46. The van der Waals surface area contributed by atoms with E-state index in [-0.39, 0.29) is 5.97 Å². The van der Waals surface area contributed by atoms with E-state index in [1.54, 1.807) is 4.68 Å². The van der Waals surface area contributed by atoms with Crippen molar-refractivity contribution >= 4 is 5.97 Å². The first-order valence-corrected chi connectivity index (χ1v) is 5.00. The molecule has 0 aliphatic carbocycles. The van der Waals surface area contributed by atoms with E-state index in [1.807, 2.05) is 0 Å². The third kappa shape index (κ3) is 2.15. The lowest BCUT2D eigenvalue weighted by atomic mass is 10.2. The molecular weight excluding hydrogens is 196 g/mol. The molecule has 0 saturated heterocycles. The molecule has 0 radical (unpaired) electrons. The van der Waals surface area contributed by atoms with Gasteiger partial charge in [0.25, 0.3) is 0 Å². The highest BCUT2D eigenvalue weighted by Gasteiger charge is 2.16. The van der Waals surface area contributed by atoms with E-state index in [9.17, 15) is 4.79 Å². The van der Waals surface area contributed by atoms with Crippen LogP contribution in [-0.4, -0.2) is 34.6 Å². The van der Waals surface area contributed by atoms with Crippen LogP contribution in [0.15, 0.2) is 0 Å². The molecule has 2 rings (SSSR count). The average molecular weight is 210 g/mol. The normalized spacial score (nSPS) is 14.7. The minimum absolute atomic E-state index is 0.215. The summed E-state index contributed by atoms with van der Waals surface area (Å²) in [5.74, 6) is -0.215. The van der Waals surface area contributed by atoms with Gasteiger partial charge in [0.05, 0.1) is 31.5 Å². The van der Waals surface area contributed by atoms with Gasteiger partial charge in [-0.2, -0.15) is 0 Å². The number of fused-ring (bicyclic) bond motifs is 1. The highest BCUT2D eigenvalue weighted by molar-refractivity contribution is 5.68. The molecule has 0 unspecified atom stereocenters. The summed E-state index contributed by atoms with van der Waals surface area (Å²) in [6.07, 6.45) is 1.27. The van der Waals surface area contributed by atoms with Crippen molar-refractivity contribution in [3.05, 3.63) is 11.4 Å². The number of hydrogen-bond acceptors (Lipinski definition) is 5. The van der Waals surface area contributed by atoms with Gasteiger partial charge in [-0.3, -0.25) is 4.79 Å². The van der Waals surface area contributed by atoms with E-state index in [4.69, 9.17) is 0 Å². The molecule has 1 aliphatic heterocycles. The van der Waals surface area contributed by atoms with Crippen LogP contribution >= 0.6 is 0 Å². The van der Waals surface area contributed by atoms with Crippen LogP contribution < -0.4 is 5.32 Å². The standard InChI is InChI=1S/C9H14N4O2/c1-15-9(14)3-5-13-8-2-4-10-6-7(8)11-12-13/h10H,2-6H2,1H3. The fourth-order valence-electron chi connectivity index (χ4n) is 1.67. The number of ether oxygens (including phenoxy) is 1. The third-order valence-electron chi connectivity index (χ3n) is 2.50. The predicted octanol–water partition coefficient (Wildman–Crippen LogP) is -0.513. The third-order valence-corrected chi connectivity index (χ3v) is 2.50. The monoisotopic (exact) mass is 210 g/mol. The molecule has 0 bridgehead atoms. The van der Waals surface area contributed by atoms with Crippen LogP contribution in [0.25, 0.3) is 0 Å². The highest BCUT2D eigenvalue weighted by atomic mass is 16.5. The first-order valence-electron chi connectivity index (χ1n) is 5.00. The second-order valence-corrected chi connectivity index (χ2v) is 3.46. The van der Waals surface area contributed by atoms with Crippen molar-refractivity contribution in [1.29, 1.82) is 0 Å². The molecule has 1 aromatic heterocycles. The second kappa shape index (κ2) is 4.39. The van der Waals surface area contributed by atoms with Crippen LogP contribution in [0.1, 0.15) is 17.8 Å². The number of nitrogens with one attached hydrogen (secondary N) is 1. The van der Waals surface area contributed by atoms with Crippen molar-refractivity contribution in [1.82, 2.24) is 20.3 Å². The number of carbonyl (C=O) groups excluding carboxylic acids is 1. The summed E-state index contributed by atoms with van der Waals surface area (Å²) in [6.45, 7) is 2.27. The minimum atomic E-state index is -0.215. The molecule has 0 fully saturated rings. The molecule has 1 aromatic rings. The lowest BCUT2D eigenvalue weighted by molar-refractivity contribution is -0.140. The van der Waals surface area contributed by atoms with Crippen molar-refractivity contribution < 1.29 is 9.53 Å². The summed E-state index contributed by atoms with van der Waals surface area (Å²) in [7, 11) is 1.39. The summed E-state index contributed by atoms with van der Waals surface area (Å²) >= 11 is 0. The van der Waals surface area contributed by atoms with Crippen molar-refractivity contribution in [3.63, 3.8) is 0 Å². The Labute approximate surface area is 87.6 Å². The van der Waals surface area contributed by atoms with Crippen LogP contribution in [-0.2, 0) is 29.0 Å². The fourth-order valence-corrected chi connectivity index (χ4v) is 1.67. The first kappa shape index (κ1) is 10.1. The lowest BCUT2D eigenvalue weighted by Crippen LogP contribution is -2.25. The maximum atomic E-state index is 11.0. The molecule has 6 nitrogen and oxygen atoms in total. The summed E-state index contributed by atoms with van der Waals surface area (Å²) < 4.78 is 6.38. The lowest BCUT2D eigenvalue weighted by Gasteiger charge is -2.12. The Morgan fingerprint density at radius 2 is 2.53 bits per heavy atom. The Kier molecular flexibility index (Phi) is 2.96. The average Bonchev–Trinajstić information content (AvgIpc) is 2.69. The zero-order valence-electron chi connectivity index (χ0n) is 8.69. The van der Waals surface area contributed by atoms with Crippen LogP contribution in [0.3, 0.4) is 0 Å². The smallest absolute Gasteiger partial charge is 0.307 e. The zero-order chi connectivity index (χ0) is 10.7. The summed E-state index contributed by atoms with van der Waals surface area (Å²) in [6, 6.07) is 0. The molecule has 15 heavy (non-hydrogen) atoms. The Hall–Kier alpha value is -1.43. The first-order chi connectivity index (χ1) is 7.31. The van der Waals surface area contributed by atoms with Gasteiger partial charge in [-0.25, -0.2) is 4.68 Å². The zero-order valence-corrected chi connectivity index (χ0v) is 8.69. The van der Waals surface area contributed by atoms with Crippen molar-refractivity contribution in [2.45, 2.75) is 25.9 Å². The number of aromatic nitrogens is 3. The largest absolute Gasteiger partial charge is 0.469 e. The molecule has 6 heteroatoms. The maximum Gasteiger partial charge on any atom is 0.307 e. The van der Waals surface area contributed by atoms with Crippen LogP contribution in [0.4, 0.5) is 0 Å². The van der Waals surface area contributed by atoms with Gasteiger partial charge in [0.2, 0.25) is 0 Å². The Morgan fingerprint density at radius 3 is 3.33 bits per heavy atom. The van der Waals surface area contributed by atoms with E-state index in [0.29, 0.717) is 13.0 Å². The number of esters is 1. The van der Waals surface area contributed by atoms with E-state index < -0.39 is 0 Å². The van der Waals surface area contributed by atoms with Crippen LogP contribution in [0.5, 0.6) is 0 Å². The minimum Gasteiger partial charge on any atom is -0.469 e. The van der Waals surface area contributed by atoms with Crippen LogP contribution in [0, 0.1) is 0 Å². The molecule has 0 aromatic carbocycles. The number of methoxy groups -OCH3 is 1. The fraction of sp³-hybridized carbons (Fsp3) is 0.667. The summed E-state index contributed by atoms with van der Waals surface area (Å²) in [5, 5.41) is 11.3. The molecule has 1 N–H and O–H groups in total. The van der Waals surface area contributed by atoms with Gasteiger partial charge >= 0.3 is 5.97 Å². The highest BCUT2D eigenvalue weighted by Crippen LogP contribution is 2.10. The van der Waals surface area contributed by atoms with Gasteiger partial charge in [0, 0.05) is 19.5 Å². The van der Waals surface area contributed by atoms with Crippen LogP contribution in [0.2, 0.25) is 0 Å². The molecule has 2 heterocycles. The number of rotatable bonds is 3. The number of nitrogens with zero attached hydrogens (tertiary/aromatic N) is 3. The van der Waals surface area contributed by atoms with Crippen molar-refractivity contribution in [3.8, 4) is 0 Å².